The first kappa shape index (κ1) is 7.80. The van der Waals surface area contributed by atoms with Crippen LogP contribution in [-0.4, -0.2) is 17.2 Å². The Labute approximate surface area is 72.6 Å². The van der Waals surface area contributed by atoms with Crippen LogP contribution in [0.5, 0.6) is 0 Å². The summed E-state index contributed by atoms with van der Waals surface area (Å²) in [6.07, 6.45) is 2.66. The Balaban J connectivity index is 2.12. The first-order chi connectivity index (χ1) is 5.81. The van der Waals surface area contributed by atoms with E-state index in [9.17, 15) is 0 Å². The summed E-state index contributed by atoms with van der Waals surface area (Å²) in [6, 6.07) is 2.53. The second-order valence-electron chi connectivity index (χ2n) is 3.53. The van der Waals surface area contributed by atoms with Gasteiger partial charge >= 0.3 is 0 Å². The number of hydrogen-bond acceptors (Lipinski definition) is 2. The highest BCUT2D eigenvalue weighted by atomic mass is 15.1. The van der Waals surface area contributed by atoms with Crippen LogP contribution in [0.4, 0.5) is 0 Å². The molecule has 1 aromatic heterocycles. The average molecular weight is 165 g/mol. The Kier molecular flexibility index (Phi) is 1.89. The molecule has 1 fully saturated rings. The van der Waals surface area contributed by atoms with Crippen LogP contribution in [0, 0.1) is 0 Å². The Morgan fingerprint density at radius 3 is 3.00 bits per heavy atom. The second-order valence-corrected chi connectivity index (χ2v) is 3.53. The number of rotatable bonds is 3. The predicted octanol–water partition coefficient (Wildman–Crippen LogP) is 1.57. The van der Waals surface area contributed by atoms with Gasteiger partial charge in [-0.1, -0.05) is 0 Å². The van der Waals surface area contributed by atoms with Crippen molar-refractivity contribution in [1.29, 1.82) is 0 Å². The smallest absolute Gasteiger partial charge is 0.0791 e. The van der Waals surface area contributed by atoms with E-state index in [0.29, 0.717) is 6.04 Å². The zero-order chi connectivity index (χ0) is 8.55. The molecule has 0 saturated heterocycles. The summed E-state index contributed by atoms with van der Waals surface area (Å²) in [7, 11) is 1.95. The molecule has 0 aliphatic heterocycles. The number of nitrogens with one attached hydrogen (secondary N) is 2. The fourth-order valence-corrected chi connectivity index (χ4v) is 1.33. The molecule has 1 aliphatic carbocycles. The van der Waals surface area contributed by atoms with Crippen molar-refractivity contribution in [2.45, 2.75) is 31.7 Å². The van der Waals surface area contributed by atoms with Crippen LogP contribution in [-0.2, 0) is 0 Å². The Hall–Kier alpha value is -0.830. The number of H-pyrrole nitrogens is 1. The van der Waals surface area contributed by atoms with Crippen LogP contribution in [0.1, 0.15) is 43.1 Å². The minimum Gasteiger partial charge on any atom is -0.312 e. The highest BCUT2D eigenvalue weighted by molar-refractivity contribution is 5.19. The molecular weight excluding hydrogens is 150 g/mol. The van der Waals surface area contributed by atoms with Crippen LogP contribution in [0.2, 0.25) is 0 Å². The number of nitrogens with zero attached hydrogens (tertiary/aromatic N) is 1. The van der Waals surface area contributed by atoms with Gasteiger partial charge in [0.1, 0.15) is 0 Å². The maximum atomic E-state index is 4.26. The zero-order valence-electron chi connectivity index (χ0n) is 7.59. The van der Waals surface area contributed by atoms with E-state index < -0.39 is 0 Å². The second kappa shape index (κ2) is 2.90. The lowest BCUT2D eigenvalue weighted by Crippen LogP contribution is -2.12. The fourth-order valence-electron chi connectivity index (χ4n) is 1.33. The van der Waals surface area contributed by atoms with Crippen molar-refractivity contribution < 1.29 is 0 Å². The van der Waals surface area contributed by atoms with E-state index in [-0.39, 0.29) is 0 Å². The summed E-state index contributed by atoms with van der Waals surface area (Å²) in [5.74, 6) is 0.773. The number of hydrogen-bond donors (Lipinski definition) is 2. The lowest BCUT2D eigenvalue weighted by Gasteiger charge is -2.03. The van der Waals surface area contributed by atoms with Crippen LogP contribution < -0.4 is 5.32 Å². The van der Waals surface area contributed by atoms with Crippen LogP contribution in [0.25, 0.3) is 0 Å². The topological polar surface area (TPSA) is 40.7 Å². The first-order valence-corrected chi connectivity index (χ1v) is 4.53. The molecule has 66 valence electrons. The monoisotopic (exact) mass is 165 g/mol. The highest BCUT2D eigenvalue weighted by Gasteiger charge is 2.25. The standard InChI is InChI=1S/C9H15N3/c1-6(10-2)8-5-9(12-11-8)7-3-4-7/h5-7,10H,3-4H2,1-2H3,(H,11,12). The van der Waals surface area contributed by atoms with Crippen molar-refractivity contribution in [2.24, 2.45) is 0 Å². The largest absolute Gasteiger partial charge is 0.312 e. The van der Waals surface area contributed by atoms with E-state index in [4.69, 9.17) is 0 Å². The van der Waals surface area contributed by atoms with Gasteiger partial charge in [0.05, 0.1) is 5.69 Å². The van der Waals surface area contributed by atoms with Crippen molar-refractivity contribution in [3.63, 3.8) is 0 Å². The number of aromatic nitrogens is 2. The first-order valence-electron chi connectivity index (χ1n) is 4.53. The van der Waals surface area contributed by atoms with Gasteiger partial charge in [0.25, 0.3) is 0 Å². The Bertz CT molecular complexity index is 262. The van der Waals surface area contributed by atoms with Crippen LogP contribution >= 0.6 is 0 Å². The zero-order valence-corrected chi connectivity index (χ0v) is 7.59. The summed E-state index contributed by atoms with van der Waals surface area (Å²) in [5.41, 5.74) is 2.44. The van der Waals surface area contributed by atoms with Gasteiger partial charge in [0, 0.05) is 17.7 Å². The van der Waals surface area contributed by atoms with Gasteiger partial charge in [-0.15, -0.1) is 0 Å². The molecule has 1 saturated carbocycles. The summed E-state index contributed by atoms with van der Waals surface area (Å²) < 4.78 is 0. The molecule has 0 spiro atoms. The maximum Gasteiger partial charge on any atom is 0.0791 e. The molecule has 1 unspecified atom stereocenters. The van der Waals surface area contributed by atoms with Crippen molar-refractivity contribution >= 4 is 0 Å². The van der Waals surface area contributed by atoms with E-state index in [1.807, 2.05) is 7.05 Å². The summed E-state index contributed by atoms with van der Waals surface area (Å²) in [5, 5.41) is 10.5. The summed E-state index contributed by atoms with van der Waals surface area (Å²) in [4.78, 5) is 0. The van der Waals surface area contributed by atoms with Crippen molar-refractivity contribution in [1.82, 2.24) is 15.5 Å². The van der Waals surface area contributed by atoms with Crippen molar-refractivity contribution in [3.8, 4) is 0 Å². The van der Waals surface area contributed by atoms with Crippen LogP contribution in [0.3, 0.4) is 0 Å². The van der Waals surface area contributed by atoms with Gasteiger partial charge in [-0.05, 0) is 32.9 Å². The molecule has 1 aliphatic rings. The molecule has 2 rings (SSSR count). The third-order valence-corrected chi connectivity index (χ3v) is 2.51. The lowest BCUT2D eigenvalue weighted by molar-refractivity contribution is 0.630. The van der Waals surface area contributed by atoms with Gasteiger partial charge < -0.3 is 5.32 Å². The normalized spacial score (nSPS) is 19.5. The fraction of sp³-hybridized carbons (Fsp3) is 0.667. The molecule has 12 heavy (non-hydrogen) atoms. The summed E-state index contributed by atoms with van der Waals surface area (Å²) >= 11 is 0. The van der Waals surface area contributed by atoms with E-state index in [1.54, 1.807) is 0 Å². The highest BCUT2D eigenvalue weighted by Crippen LogP contribution is 2.39. The molecular formula is C9H15N3. The quantitative estimate of drug-likeness (QED) is 0.713. The van der Waals surface area contributed by atoms with Crippen LogP contribution in [0.15, 0.2) is 6.07 Å². The van der Waals surface area contributed by atoms with E-state index in [0.717, 1.165) is 11.6 Å². The molecule has 2 N–H and O–H groups in total. The molecule has 1 aromatic rings. The number of aromatic amines is 1. The third-order valence-electron chi connectivity index (χ3n) is 2.51. The minimum atomic E-state index is 0.355. The minimum absolute atomic E-state index is 0.355. The molecule has 1 heterocycles. The molecule has 3 nitrogen and oxygen atoms in total. The molecule has 0 aromatic carbocycles. The van der Waals surface area contributed by atoms with Gasteiger partial charge in [-0.3, -0.25) is 5.10 Å². The van der Waals surface area contributed by atoms with Crippen molar-refractivity contribution in [2.75, 3.05) is 7.05 Å². The van der Waals surface area contributed by atoms with E-state index in [1.165, 1.54) is 18.5 Å². The molecule has 1 atom stereocenters. The van der Waals surface area contributed by atoms with E-state index >= 15 is 0 Å². The molecule has 0 amide bonds. The lowest BCUT2D eigenvalue weighted by atomic mass is 10.2. The molecule has 0 radical (unpaired) electrons. The van der Waals surface area contributed by atoms with Gasteiger partial charge in [0.2, 0.25) is 0 Å². The molecule has 3 heteroatoms. The third kappa shape index (κ3) is 1.37. The Morgan fingerprint density at radius 1 is 1.67 bits per heavy atom. The Morgan fingerprint density at radius 2 is 2.42 bits per heavy atom. The van der Waals surface area contributed by atoms with Gasteiger partial charge in [-0.2, -0.15) is 5.10 Å². The SMILES string of the molecule is CNC(C)c1cc(C2CC2)[nH]n1. The average Bonchev–Trinajstić information content (AvgIpc) is 2.83. The van der Waals surface area contributed by atoms with Crippen molar-refractivity contribution in [3.05, 3.63) is 17.5 Å². The summed E-state index contributed by atoms with van der Waals surface area (Å²) in [6.45, 7) is 2.12. The maximum absolute atomic E-state index is 4.26. The predicted molar refractivity (Wildman–Crippen MR) is 48.0 cm³/mol. The molecule has 0 bridgehead atoms. The van der Waals surface area contributed by atoms with Gasteiger partial charge in [-0.25, -0.2) is 0 Å². The van der Waals surface area contributed by atoms with Gasteiger partial charge in [0.15, 0.2) is 0 Å². The van der Waals surface area contributed by atoms with E-state index in [2.05, 4.69) is 28.5 Å².